The molecule has 3 aliphatic rings. The molecule has 0 aliphatic carbocycles. The molecule has 1 N–H and O–H groups in total. The van der Waals surface area contributed by atoms with Crippen molar-refractivity contribution < 1.29 is 4.84 Å². The van der Waals surface area contributed by atoms with E-state index in [9.17, 15) is 0 Å². The van der Waals surface area contributed by atoms with Crippen molar-refractivity contribution in [3.8, 4) is 12.3 Å². The molecule has 2 bridgehead atoms. The minimum absolute atomic E-state index is 0.310. The number of hydroxylamine groups is 1. The molecule has 3 aliphatic heterocycles. The summed E-state index contributed by atoms with van der Waals surface area (Å²) >= 11 is 0. The molecule has 0 saturated carbocycles. The molecule has 82 valence electrons. The number of rotatable bonds is 4. The van der Waals surface area contributed by atoms with Gasteiger partial charge in [0, 0.05) is 12.7 Å². The number of nitrogens with one attached hydrogen (secondary N) is 1. The van der Waals surface area contributed by atoms with Crippen molar-refractivity contribution in [2.75, 3.05) is 26.2 Å². The van der Waals surface area contributed by atoms with Crippen molar-refractivity contribution in [1.29, 1.82) is 0 Å². The van der Waals surface area contributed by atoms with E-state index < -0.39 is 0 Å². The third-order valence-corrected chi connectivity index (χ3v) is 3.36. The van der Waals surface area contributed by atoms with Gasteiger partial charge in [-0.2, -0.15) is 0 Å². The lowest BCUT2D eigenvalue weighted by atomic mass is 9.79. The molecule has 3 fully saturated rings. The molecule has 0 radical (unpaired) electrons. The third kappa shape index (κ3) is 2.74. The highest BCUT2D eigenvalue weighted by atomic mass is 16.6. The van der Waals surface area contributed by atoms with E-state index in [1.54, 1.807) is 0 Å². The van der Waals surface area contributed by atoms with Crippen molar-refractivity contribution in [2.45, 2.75) is 12.8 Å². The topological polar surface area (TPSA) is 24.5 Å². The zero-order valence-electron chi connectivity index (χ0n) is 8.98. The van der Waals surface area contributed by atoms with E-state index in [2.05, 4.69) is 22.4 Å². The van der Waals surface area contributed by atoms with Crippen LogP contribution in [0.3, 0.4) is 0 Å². The van der Waals surface area contributed by atoms with Gasteiger partial charge in [0.15, 0.2) is 0 Å². The molecule has 1 atom stereocenters. The van der Waals surface area contributed by atoms with Crippen LogP contribution >= 0.6 is 0 Å². The van der Waals surface area contributed by atoms with E-state index >= 15 is 0 Å². The van der Waals surface area contributed by atoms with Crippen LogP contribution < -0.4 is 5.48 Å². The zero-order valence-corrected chi connectivity index (χ0v) is 8.98. The van der Waals surface area contributed by atoms with Crippen LogP contribution in [0.1, 0.15) is 12.8 Å². The van der Waals surface area contributed by atoms with Gasteiger partial charge in [-0.25, -0.2) is 0 Å². The van der Waals surface area contributed by atoms with E-state index in [-0.39, 0.29) is 0 Å². The van der Waals surface area contributed by atoms with Gasteiger partial charge in [-0.3, -0.25) is 10.3 Å². The van der Waals surface area contributed by atoms with Crippen LogP contribution in [0.2, 0.25) is 0 Å². The fraction of sp³-hybridized carbons (Fsp3) is 0.667. The summed E-state index contributed by atoms with van der Waals surface area (Å²) in [6, 6.07) is 0. The van der Waals surface area contributed by atoms with Crippen molar-refractivity contribution in [3.63, 3.8) is 0 Å². The summed E-state index contributed by atoms with van der Waals surface area (Å²) in [4.78, 5) is 7.51. The highest BCUT2D eigenvalue weighted by Crippen LogP contribution is 2.32. The van der Waals surface area contributed by atoms with Gasteiger partial charge in [0.1, 0.15) is 6.61 Å². The molecule has 3 heteroatoms. The second kappa shape index (κ2) is 5.20. The van der Waals surface area contributed by atoms with E-state index in [1.165, 1.54) is 32.5 Å². The van der Waals surface area contributed by atoms with E-state index in [4.69, 9.17) is 11.3 Å². The molecule has 1 unspecified atom stereocenters. The average Bonchev–Trinajstić information content (AvgIpc) is 2.30. The molecule has 0 aromatic heterocycles. The van der Waals surface area contributed by atoms with Crippen LogP contribution in [0.25, 0.3) is 0 Å². The standard InChI is InChI=1S/C12H18N2O/c1-2-9-15-13-6-3-12-10-14-7-4-11(12)5-8-14/h1,3,6,11-13H,4-5,7-10H2. The maximum atomic E-state index is 5.06. The first-order valence-corrected chi connectivity index (χ1v) is 5.60. The van der Waals surface area contributed by atoms with Gasteiger partial charge < -0.3 is 4.90 Å². The lowest BCUT2D eigenvalue weighted by molar-refractivity contribution is 0.0704. The maximum absolute atomic E-state index is 5.06. The van der Waals surface area contributed by atoms with Gasteiger partial charge in [-0.05, 0) is 37.8 Å². The van der Waals surface area contributed by atoms with Crippen LogP contribution in [0.4, 0.5) is 0 Å². The summed E-state index contributed by atoms with van der Waals surface area (Å²) < 4.78 is 0. The molecule has 3 saturated heterocycles. The highest BCUT2D eigenvalue weighted by molar-refractivity contribution is 4.97. The normalized spacial score (nSPS) is 34.2. The Morgan fingerprint density at radius 3 is 2.87 bits per heavy atom. The Morgan fingerprint density at radius 1 is 1.47 bits per heavy atom. The van der Waals surface area contributed by atoms with E-state index in [0.29, 0.717) is 12.5 Å². The molecule has 0 aromatic rings. The molecular weight excluding hydrogens is 188 g/mol. The summed E-state index contributed by atoms with van der Waals surface area (Å²) in [5.74, 6) is 3.97. The Kier molecular flexibility index (Phi) is 3.65. The second-order valence-corrected chi connectivity index (χ2v) is 4.27. The Balaban J connectivity index is 1.73. The molecule has 3 heterocycles. The van der Waals surface area contributed by atoms with Crippen LogP contribution in [0.5, 0.6) is 0 Å². The smallest absolute Gasteiger partial charge is 0.135 e. The zero-order chi connectivity index (χ0) is 10.5. The van der Waals surface area contributed by atoms with Gasteiger partial charge in [-0.1, -0.05) is 12.0 Å². The number of nitrogens with zero attached hydrogens (tertiary/aromatic N) is 1. The number of hydrogen-bond acceptors (Lipinski definition) is 3. The Bertz CT molecular complexity index is 261. The predicted octanol–water partition coefficient (Wildman–Crippen LogP) is 0.996. The quantitative estimate of drug-likeness (QED) is 0.422. The fourth-order valence-electron chi connectivity index (χ4n) is 2.52. The van der Waals surface area contributed by atoms with Gasteiger partial charge in [-0.15, -0.1) is 6.42 Å². The second-order valence-electron chi connectivity index (χ2n) is 4.27. The fourth-order valence-corrected chi connectivity index (χ4v) is 2.52. The summed E-state index contributed by atoms with van der Waals surface area (Å²) in [5.41, 5.74) is 2.75. The van der Waals surface area contributed by atoms with E-state index in [0.717, 1.165) is 5.92 Å². The highest BCUT2D eigenvalue weighted by Gasteiger charge is 2.32. The van der Waals surface area contributed by atoms with Gasteiger partial charge >= 0.3 is 0 Å². The first-order valence-electron chi connectivity index (χ1n) is 5.60. The SMILES string of the molecule is C#CCONC=CC1CN2CCC1CC2. The number of piperidine rings is 3. The van der Waals surface area contributed by atoms with E-state index in [1.807, 2.05) is 6.20 Å². The van der Waals surface area contributed by atoms with Crippen molar-refractivity contribution in [3.05, 3.63) is 12.3 Å². The predicted molar refractivity (Wildman–Crippen MR) is 59.7 cm³/mol. The van der Waals surface area contributed by atoms with Crippen molar-refractivity contribution >= 4 is 0 Å². The Hall–Kier alpha value is -0.980. The third-order valence-electron chi connectivity index (χ3n) is 3.36. The first-order chi connectivity index (χ1) is 7.40. The maximum Gasteiger partial charge on any atom is 0.135 e. The lowest BCUT2D eigenvalue weighted by Gasteiger charge is -2.43. The minimum Gasteiger partial charge on any atom is -0.303 e. The van der Waals surface area contributed by atoms with Gasteiger partial charge in [0.25, 0.3) is 0 Å². The summed E-state index contributed by atoms with van der Waals surface area (Å²) in [6.07, 6.45) is 11.8. The molecular formula is C12H18N2O. The van der Waals surface area contributed by atoms with Crippen molar-refractivity contribution in [1.82, 2.24) is 10.4 Å². The molecule has 0 aromatic carbocycles. The van der Waals surface area contributed by atoms with Crippen LogP contribution in [0, 0.1) is 24.2 Å². The first kappa shape index (κ1) is 10.5. The Labute approximate surface area is 91.4 Å². The minimum atomic E-state index is 0.310. The summed E-state index contributed by atoms with van der Waals surface area (Å²) in [7, 11) is 0. The molecule has 3 rings (SSSR count). The number of fused-ring (bicyclic) bond motifs is 3. The number of terminal acetylenes is 1. The molecule has 15 heavy (non-hydrogen) atoms. The average molecular weight is 206 g/mol. The molecule has 0 amide bonds. The summed E-state index contributed by atoms with van der Waals surface area (Å²) in [5, 5.41) is 0. The lowest BCUT2D eigenvalue weighted by Crippen LogP contribution is -2.46. The van der Waals surface area contributed by atoms with Crippen LogP contribution in [-0.4, -0.2) is 31.1 Å². The Morgan fingerprint density at radius 2 is 2.27 bits per heavy atom. The van der Waals surface area contributed by atoms with Crippen LogP contribution in [-0.2, 0) is 4.84 Å². The van der Waals surface area contributed by atoms with Gasteiger partial charge in [0.05, 0.1) is 0 Å². The molecule has 0 spiro atoms. The number of hydrogen-bond donors (Lipinski definition) is 1. The van der Waals surface area contributed by atoms with Gasteiger partial charge in [0.2, 0.25) is 0 Å². The summed E-state index contributed by atoms with van der Waals surface area (Å²) in [6.45, 7) is 4.09. The monoisotopic (exact) mass is 206 g/mol. The molecule has 3 nitrogen and oxygen atoms in total. The van der Waals surface area contributed by atoms with Crippen molar-refractivity contribution in [2.24, 2.45) is 11.8 Å². The van der Waals surface area contributed by atoms with Crippen LogP contribution in [0.15, 0.2) is 12.3 Å². The largest absolute Gasteiger partial charge is 0.303 e.